The molecule has 15 heavy (non-hydrogen) atoms. The number of hydrogen-bond donors (Lipinski definition) is 0. The van der Waals surface area contributed by atoms with Crippen LogP contribution in [0.4, 0.5) is 0 Å². The summed E-state index contributed by atoms with van der Waals surface area (Å²) < 4.78 is 10.8. The van der Waals surface area contributed by atoms with Gasteiger partial charge in [-0.3, -0.25) is 4.79 Å². The van der Waals surface area contributed by atoms with E-state index in [1.165, 1.54) is 0 Å². The minimum absolute atomic E-state index is 0.259. The van der Waals surface area contributed by atoms with Crippen molar-refractivity contribution in [1.82, 2.24) is 0 Å². The second-order valence-corrected chi connectivity index (χ2v) is 9.63. The molecule has 0 unspecified atom stereocenters. The molecule has 1 aromatic rings. The zero-order valence-electron chi connectivity index (χ0n) is 9.16. The lowest BCUT2D eigenvalue weighted by Crippen LogP contribution is -2.40. The Morgan fingerprint density at radius 1 is 1.27 bits per heavy atom. The van der Waals surface area contributed by atoms with Crippen molar-refractivity contribution >= 4 is 19.5 Å². The first-order chi connectivity index (χ1) is 7.04. The van der Waals surface area contributed by atoms with E-state index in [2.05, 4.69) is 19.6 Å². The predicted octanol–water partition coefficient (Wildman–Crippen LogP) is 1.77. The molecule has 1 aliphatic heterocycles. The van der Waals surface area contributed by atoms with E-state index in [-0.39, 0.29) is 6.79 Å². The molecule has 0 radical (unpaired) electrons. The minimum Gasteiger partial charge on any atom is -0.454 e. The van der Waals surface area contributed by atoms with Gasteiger partial charge in [-0.05, 0) is 17.3 Å². The van der Waals surface area contributed by atoms with E-state index in [0.29, 0.717) is 0 Å². The van der Waals surface area contributed by atoms with Crippen LogP contribution in [0.15, 0.2) is 12.1 Å². The van der Waals surface area contributed by atoms with Crippen molar-refractivity contribution in [2.24, 2.45) is 0 Å². The highest BCUT2D eigenvalue weighted by molar-refractivity contribution is 6.90. The molecule has 0 aliphatic carbocycles. The normalized spacial score (nSPS) is 14.1. The topological polar surface area (TPSA) is 35.5 Å². The predicted molar refractivity (Wildman–Crippen MR) is 60.9 cm³/mol. The van der Waals surface area contributed by atoms with E-state index in [0.717, 1.165) is 28.5 Å². The van der Waals surface area contributed by atoms with Crippen LogP contribution in [0.2, 0.25) is 19.6 Å². The molecule has 0 amide bonds. The van der Waals surface area contributed by atoms with E-state index < -0.39 is 8.07 Å². The van der Waals surface area contributed by atoms with Crippen molar-refractivity contribution in [2.45, 2.75) is 19.6 Å². The van der Waals surface area contributed by atoms with Crippen molar-refractivity contribution in [2.75, 3.05) is 6.79 Å². The molecule has 0 saturated heterocycles. The smallest absolute Gasteiger partial charge is 0.231 e. The molecule has 0 saturated carbocycles. The van der Waals surface area contributed by atoms with Gasteiger partial charge in [0.05, 0.1) is 8.07 Å². The van der Waals surface area contributed by atoms with Crippen LogP contribution in [0.25, 0.3) is 0 Å². The van der Waals surface area contributed by atoms with Crippen LogP contribution in [-0.2, 0) is 0 Å². The first-order valence-corrected chi connectivity index (χ1v) is 8.42. The second-order valence-electron chi connectivity index (χ2n) is 4.63. The summed E-state index contributed by atoms with van der Waals surface area (Å²) in [5, 5.41) is 1.06. The van der Waals surface area contributed by atoms with E-state index in [1.54, 1.807) is 6.07 Å². The van der Waals surface area contributed by atoms with Gasteiger partial charge in [0.1, 0.15) is 6.29 Å². The molecule has 3 nitrogen and oxygen atoms in total. The van der Waals surface area contributed by atoms with Gasteiger partial charge in [0, 0.05) is 5.56 Å². The van der Waals surface area contributed by atoms with Crippen molar-refractivity contribution in [3.8, 4) is 11.5 Å². The third-order valence-electron chi connectivity index (χ3n) is 2.45. The van der Waals surface area contributed by atoms with E-state index in [1.807, 2.05) is 6.07 Å². The summed E-state index contributed by atoms with van der Waals surface area (Å²) in [4.78, 5) is 11.0. The molecule has 4 heteroatoms. The van der Waals surface area contributed by atoms with Gasteiger partial charge in [0.25, 0.3) is 0 Å². The molecule has 0 N–H and O–H groups in total. The summed E-state index contributed by atoms with van der Waals surface area (Å²) in [6.45, 7) is 6.83. The maximum Gasteiger partial charge on any atom is 0.231 e. The molecular weight excluding hydrogens is 208 g/mol. The van der Waals surface area contributed by atoms with Crippen molar-refractivity contribution in [3.05, 3.63) is 17.7 Å². The Labute approximate surface area is 90.0 Å². The number of carbonyl (C=O) groups is 1. The summed E-state index contributed by atoms with van der Waals surface area (Å²) in [6, 6.07) is 3.61. The van der Waals surface area contributed by atoms with Gasteiger partial charge in [0.2, 0.25) is 6.79 Å². The maximum absolute atomic E-state index is 11.0. The number of fused-ring (bicyclic) bond motifs is 1. The highest BCUT2D eigenvalue weighted by Crippen LogP contribution is 2.32. The number of benzene rings is 1. The second kappa shape index (κ2) is 3.38. The maximum atomic E-state index is 11.0. The van der Waals surface area contributed by atoms with Gasteiger partial charge in [-0.15, -0.1) is 0 Å². The van der Waals surface area contributed by atoms with Crippen LogP contribution in [0.1, 0.15) is 10.4 Å². The van der Waals surface area contributed by atoms with E-state index in [4.69, 9.17) is 9.47 Å². The minimum atomic E-state index is -1.59. The summed E-state index contributed by atoms with van der Waals surface area (Å²) in [5.74, 6) is 1.54. The number of rotatable bonds is 2. The third kappa shape index (κ3) is 1.65. The fourth-order valence-corrected chi connectivity index (χ4v) is 3.74. The van der Waals surface area contributed by atoms with Crippen molar-refractivity contribution < 1.29 is 14.3 Å². The third-order valence-corrected chi connectivity index (χ3v) is 4.46. The summed E-state index contributed by atoms with van der Waals surface area (Å²) in [5.41, 5.74) is 0.735. The number of aldehydes is 1. The molecule has 0 aromatic heterocycles. The fraction of sp³-hybridized carbons (Fsp3) is 0.364. The quantitative estimate of drug-likeness (QED) is 0.565. The first-order valence-electron chi connectivity index (χ1n) is 4.92. The summed E-state index contributed by atoms with van der Waals surface area (Å²) in [6.07, 6.45) is 0.898. The fourth-order valence-electron chi connectivity index (χ4n) is 1.86. The standard InChI is InChI=1S/C11H14O3Si/c1-15(2,3)11-8(6-12)4-5-9-10(11)14-7-13-9/h4-6H,7H2,1-3H3. The Morgan fingerprint density at radius 2 is 2.00 bits per heavy atom. The highest BCUT2D eigenvalue weighted by atomic mass is 28.3. The number of hydrogen-bond acceptors (Lipinski definition) is 3. The summed E-state index contributed by atoms with van der Waals surface area (Å²) in [7, 11) is -1.59. The van der Waals surface area contributed by atoms with Crippen LogP contribution < -0.4 is 14.7 Å². The molecule has 0 atom stereocenters. The SMILES string of the molecule is C[Si](C)(C)c1c(C=O)ccc2c1OCO2. The average Bonchev–Trinajstić information content (AvgIpc) is 2.61. The Kier molecular flexibility index (Phi) is 2.30. The van der Waals surface area contributed by atoms with Crippen LogP contribution in [-0.4, -0.2) is 21.2 Å². The Balaban J connectivity index is 2.68. The van der Waals surface area contributed by atoms with Crippen LogP contribution in [0.5, 0.6) is 11.5 Å². The average molecular weight is 222 g/mol. The van der Waals surface area contributed by atoms with Crippen molar-refractivity contribution in [3.63, 3.8) is 0 Å². The van der Waals surface area contributed by atoms with Crippen LogP contribution in [0.3, 0.4) is 0 Å². The van der Waals surface area contributed by atoms with E-state index in [9.17, 15) is 4.79 Å². The highest BCUT2D eigenvalue weighted by Gasteiger charge is 2.29. The number of carbonyl (C=O) groups excluding carboxylic acids is 1. The zero-order valence-corrected chi connectivity index (χ0v) is 10.2. The molecule has 0 spiro atoms. The Morgan fingerprint density at radius 3 is 2.60 bits per heavy atom. The van der Waals surface area contributed by atoms with Gasteiger partial charge >= 0.3 is 0 Å². The van der Waals surface area contributed by atoms with Crippen LogP contribution in [0, 0.1) is 0 Å². The van der Waals surface area contributed by atoms with Crippen LogP contribution >= 0.6 is 0 Å². The lowest BCUT2D eigenvalue weighted by atomic mass is 10.2. The number of ether oxygens (including phenoxy) is 2. The molecule has 1 aromatic carbocycles. The largest absolute Gasteiger partial charge is 0.454 e. The van der Waals surface area contributed by atoms with Crippen molar-refractivity contribution in [1.29, 1.82) is 0 Å². The molecule has 0 fully saturated rings. The first kappa shape index (κ1) is 10.2. The molecule has 0 bridgehead atoms. The molecular formula is C11H14O3Si. The molecule has 1 aliphatic rings. The van der Waals surface area contributed by atoms with E-state index >= 15 is 0 Å². The van der Waals surface area contributed by atoms with Gasteiger partial charge in [-0.1, -0.05) is 19.6 Å². The lowest BCUT2D eigenvalue weighted by Gasteiger charge is -2.20. The molecule has 2 rings (SSSR count). The molecule has 80 valence electrons. The summed E-state index contributed by atoms with van der Waals surface area (Å²) >= 11 is 0. The monoisotopic (exact) mass is 222 g/mol. The van der Waals surface area contributed by atoms with Gasteiger partial charge in [0.15, 0.2) is 11.5 Å². The Bertz CT molecular complexity index is 407. The molecule has 1 heterocycles. The van der Waals surface area contributed by atoms with Gasteiger partial charge < -0.3 is 9.47 Å². The Hall–Kier alpha value is -1.29. The van der Waals surface area contributed by atoms with Gasteiger partial charge in [-0.25, -0.2) is 0 Å². The lowest BCUT2D eigenvalue weighted by molar-refractivity contribution is 0.112. The van der Waals surface area contributed by atoms with Gasteiger partial charge in [-0.2, -0.15) is 0 Å². The zero-order chi connectivity index (χ0) is 11.1.